The van der Waals surface area contributed by atoms with Crippen LogP contribution in [0.15, 0.2) is 0 Å². The maximum Gasteiger partial charge on any atom is 0.317 e. The molecule has 0 aromatic rings. The van der Waals surface area contributed by atoms with Crippen molar-refractivity contribution in [2.75, 3.05) is 30.3 Å². The maximum atomic E-state index is 12.2. The molecule has 0 aliphatic carbocycles. The van der Waals surface area contributed by atoms with Gasteiger partial charge in [0.1, 0.15) is 0 Å². The number of carbonyl (C=O) groups excluding carboxylic acids is 1. The summed E-state index contributed by atoms with van der Waals surface area (Å²) in [6, 6.07) is -0.0456. The normalized spacial score (nSPS) is 30.9. The van der Waals surface area contributed by atoms with Crippen molar-refractivity contribution in [1.29, 1.82) is 0 Å². The third kappa shape index (κ3) is 4.22. The molecule has 20 heavy (non-hydrogen) atoms. The summed E-state index contributed by atoms with van der Waals surface area (Å²) in [6.45, 7) is 3.18. The summed E-state index contributed by atoms with van der Waals surface area (Å²) in [5, 5.41) is 12.5. The molecule has 2 aliphatic heterocycles. The van der Waals surface area contributed by atoms with Crippen LogP contribution in [0.25, 0.3) is 0 Å². The Hall–Kier alpha value is -0.560. The molecule has 2 fully saturated rings. The molecule has 2 N–H and O–H groups in total. The van der Waals surface area contributed by atoms with E-state index in [0.717, 1.165) is 11.5 Å². The quantitative estimate of drug-likeness (QED) is 0.829. The van der Waals surface area contributed by atoms with Gasteiger partial charge >= 0.3 is 12.0 Å². The summed E-state index contributed by atoms with van der Waals surface area (Å²) in [7, 11) is 0. The second kappa shape index (κ2) is 7.45. The van der Waals surface area contributed by atoms with Crippen LogP contribution in [-0.2, 0) is 4.79 Å². The Morgan fingerprint density at radius 3 is 2.80 bits per heavy atom. The Morgan fingerprint density at radius 2 is 2.20 bits per heavy atom. The highest BCUT2D eigenvalue weighted by Gasteiger charge is 2.32. The van der Waals surface area contributed by atoms with Gasteiger partial charge in [-0.15, -0.1) is 0 Å². The number of carboxylic acid groups (broad SMARTS) is 1. The van der Waals surface area contributed by atoms with Gasteiger partial charge in [0.2, 0.25) is 0 Å². The SMILES string of the molecule is CC1CC(C(=O)O)CCN1C(=O)NCC1CSCCS1. The van der Waals surface area contributed by atoms with Crippen molar-refractivity contribution < 1.29 is 14.7 Å². The first-order valence-electron chi connectivity index (χ1n) is 7.04. The largest absolute Gasteiger partial charge is 0.481 e. The van der Waals surface area contributed by atoms with Gasteiger partial charge in [0, 0.05) is 41.6 Å². The van der Waals surface area contributed by atoms with Crippen LogP contribution in [0.1, 0.15) is 19.8 Å². The zero-order valence-corrected chi connectivity index (χ0v) is 13.3. The highest BCUT2D eigenvalue weighted by molar-refractivity contribution is 8.06. The number of hydrogen-bond acceptors (Lipinski definition) is 4. The van der Waals surface area contributed by atoms with Gasteiger partial charge in [-0.05, 0) is 19.8 Å². The van der Waals surface area contributed by atoms with Gasteiger partial charge in [-0.1, -0.05) is 0 Å². The number of carbonyl (C=O) groups is 2. The summed E-state index contributed by atoms with van der Waals surface area (Å²) < 4.78 is 0. The number of aliphatic carboxylic acids is 1. The zero-order valence-electron chi connectivity index (χ0n) is 11.7. The van der Waals surface area contributed by atoms with Crippen LogP contribution in [0.4, 0.5) is 4.79 Å². The first-order chi connectivity index (χ1) is 9.58. The van der Waals surface area contributed by atoms with Crippen LogP contribution < -0.4 is 5.32 Å². The number of amides is 2. The van der Waals surface area contributed by atoms with Crippen molar-refractivity contribution in [3.8, 4) is 0 Å². The van der Waals surface area contributed by atoms with E-state index < -0.39 is 5.97 Å². The standard InChI is InChI=1S/C13H22N2O3S2/c1-9-6-10(12(16)17)2-3-15(9)13(18)14-7-11-8-19-4-5-20-11/h9-11H,2-8H2,1H3,(H,14,18)(H,16,17). The summed E-state index contributed by atoms with van der Waals surface area (Å²) in [5.41, 5.74) is 0. The van der Waals surface area contributed by atoms with Gasteiger partial charge in [0.05, 0.1) is 5.92 Å². The van der Waals surface area contributed by atoms with Crippen LogP contribution in [0.3, 0.4) is 0 Å². The van der Waals surface area contributed by atoms with Gasteiger partial charge < -0.3 is 15.3 Å². The predicted octanol–water partition coefficient (Wildman–Crippen LogP) is 1.73. The molecule has 3 atom stereocenters. The van der Waals surface area contributed by atoms with E-state index in [1.54, 1.807) is 4.90 Å². The molecule has 3 unspecified atom stereocenters. The third-order valence-electron chi connectivity index (χ3n) is 3.85. The number of nitrogens with zero attached hydrogens (tertiary/aromatic N) is 1. The number of thioether (sulfide) groups is 2. The topological polar surface area (TPSA) is 69.6 Å². The van der Waals surface area contributed by atoms with Crippen molar-refractivity contribution in [2.45, 2.75) is 31.1 Å². The lowest BCUT2D eigenvalue weighted by Crippen LogP contribution is -2.51. The Balaban J connectivity index is 1.76. The maximum absolute atomic E-state index is 12.2. The van der Waals surface area contributed by atoms with E-state index >= 15 is 0 Å². The highest BCUT2D eigenvalue weighted by atomic mass is 32.2. The van der Waals surface area contributed by atoms with Crippen molar-refractivity contribution in [3.63, 3.8) is 0 Å². The molecular weight excluding hydrogens is 296 g/mol. The van der Waals surface area contributed by atoms with E-state index in [2.05, 4.69) is 5.32 Å². The Labute approximate surface area is 128 Å². The second-order valence-electron chi connectivity index (χ2n) is 5.36. The van der Waals surface area contributed by atoms with E-state index in [0.29, 0.717) is 31.2 Å². The molecule has 7 heteroatoms. The molecule has 0 aromatic heterocycles. The molecule has 0 spiro atoms. The minimum atomic E-state index is -0.743. The number of piperidine rings is 1. The number of rotatable bonds is 3. The van der Waals surface area contributed by atoms with Crippen molar-refractivity contribution in [2.24, 2.45) is 5.92 Å². The van der Waals surface area contributed by atoms with E-state index in [1.165, 1.54) is 5.75 Å². The van der Waals surface area contributed by atoms with E-state index in [9.17, 15) is 9.59 Å². The fourth-order valence-corrected chi connectivity index (χ4v) is 5.27. The summed E-state index contributed by atoms with van der Waals surface area (Å²) in [4.78, 5) is 24.9. The number of nitrogens with one attached hydrogen (secondary N) is 1. The molecular formula is C13H22N2O3S2. The van der Waals surface area contributed by atoms with Gasteiger partial charge in [0.25, 0.3) is 0 Å². The highest BCUT2D eigenvalue weighted by Crippen LogP contribution is 2.24. The molecule has 114 valence electrons. The fourth-order valence-electron chi connectivity index (χ4n) is 2.66. The molecule has 2 saturated heterocycles. The van der Waals surface area contributed by atoms with Gasteiger partial charge in [-0.25, -0.2) is 4.79 Å². The molecule has 0 aromatic carbocycles. The first kappa shape index (κ1) is 15.8. The first-order valence-corrected chi connectivity index (χ1v) is 9.25. The lowest BCUT2D eigenvalue weighted by atomic mass is 9.92. The van der Waals surface area contributed by atoms with Crippen molar-refractivity contribution in [1.82, 2.24) is 10.2 Å². The number of hydrogen-bond donors (Lipinski definition) is 2. The molecule has 2 amide bonds. The van der Waals surface area contributed by atoms with Gasteiger partial charge in [0.15, 0.2) is 0 Å². The molecule has 0 saturated carbocycles. The number of likely N-dealkylation sites (tertiary alicyclic amines) is 1. The average molecular weight is 318 g/mol. The summed E-state index contributed by atoms with van der Waals surface area (Å²) in [6.07, 6.45) is 1.11. The van der Waals surface area contributed by atoms with Crippen LogP contribution in [0.2, 0.25) is 0 Å². The zero-order chi connectivity index (χ0) is 14.5. The molecule has 2 rings (SSSR count). The van der Waals surface area contributed by atoms with E-state index in [-0.39, 0.29) is 18.0 Å². The Kier molecular flexibility index (Phi) is 5.89. The lowest BCUT2D eigenvalue weighted by Gasteiger charge is -2.36. The summed E-state index contributed by atoms with van der Waals surface area (Å²) >= 11 is 3.87. The predicted molar refractivity (Wildman–Crippen MR) is 83.5 cm³/mol. The molecule has 5 nitrogen and oxygen atoms in total. The van der Waals surface area contributed by atoms with Crippen LogP contribution >= 0.6 is 23.5 Å². The average Bonchev–Trinajstić information content (AvgIpc) is 2.45. The lowest BCUT2D eigenvalue weighted by molar-refractivity contribution is -0.143. The van der Waals surface area contributed by atoms with E-state index in [4.69, 9.17) is 5.11 Å². The smallest absolute Gasteiger partial charge is 0.317 e. The van der Waals surface area contributed by atoms with Crippen LogP contribution in [0, 0.1) is 5.92 Å². The number of carboxylic acids is 1. The molecule has 0 bridgehead atoms. The van der Waals surface area contributed by atoms with Gasteiger partial charge in [-0.2, -0.15) is 23.5 Å². The Morgan fingerprint density at radius 1 is 1.40 bits per heavy atom. The molecule has 2 aliphatic rings. The molecule has 2 heterocycles. The minimum absolute atomic E-state index is 0.00164. The fraction of sp³-hybridized carbons (Fsp3) is 0.846. The number of urea groups is 1. The monoisotopic (exact) mass is 318 g/mol. The Bertz CT molecular complexity index is 362. The van der Waals surface area contributed by atoms with E-state index in [1.807, 2.05) is 30.4 Å². The molecule has 0 radical (unpaired) electrons. The van der Waals surface area contributed by atoms with Gasteiger partial charge in [-0.3, -0.25) is 4.79 Å². The second-order valence-corrected chi connectivity index (χ2v) is 7.91. The summed E-state index contributed by atoms with van der Waals surface area (Å²) in [5.74, 6) is 2.41. The van der Waals surface area contributed by atoms with Crippen molar-refractivity contribution >= 4 is 35.5 Å². The van der Waals surface area contributed by atoms with Crippen LogP contribution in [-0.4, -0.2) is 63.6 Å². The van der Waals surface area contributed by atoms with Crippen LogP contribution in [0.5, 0.6) is 0 Å². The third-order valence-corrected chi connectivity index (χ3v) is 6.70. The minimum Gasteiger partial charge on any atom is -0.481 e. The van der Waals surface area contributed by atoms with Crippen molar-refractivity contribution in [3.05, 3.63) is 0 Å².